The molecule has 0 aliphatic heterocycles. The second kappa shape index (κ2) is 8.39. The first kappa shape index (κ1) is 19.8. The van der Waals surface area contributed by atoms with Gasteiger partial charge in [0.1, 0.15) is 6.61 Å². The number of nitrogens with zero attached hydrogens (tertiary/aromatic N) is 1. The van der Waals surface area contributed by atoms with Gasteiger partial charge in [-0.3, -0.25) is 14.6 Å². The average Bonchev–Trinajstić information content (AvgIpc) is 3.10. The largest absolute Gasteiger partial charge is 0.461 e. The van der Waals surface area contributed by atoms with E-state index in [9.17, 15) is 22.8 Å². The van der Waals surface area contributed by atoms with Crippen molar-refractivity contribution in [3.05, 3.63) is 64.7 Å². The predicted molar refractivity (Wildman–Crippen MR) is 97.8 cm³/mol. The number of hydrogen-bond donors (Lipinski definition) is 1. The van der Waals surface area contributed by atoms with Crippen LogP contribution in [0.2, 0.25) is 0 Å². The first-order chi connectivity index (χ1) is 13.3. The Morgan fingerprint density at radius 3 is 2.61 bits per heavy atom. The van der Waals surface area contributed by atoms with Crippen LogP contribution in [0.3, 0.4) is 0 Å². The molecule has 146 valence electrons. The van der Waals surface area contributed by atoms with E-state index in [0.29, 0.717) is 11.3 Å². The maximum atomic E-state index is 13.0. The Hall–Kier alpha value is -2.94. The van der Waals surface area contributed by atoms with E-state index in [1.54, 1.807) is 0 Å². The zero-order valence-electron chi connectivity index (χ0n) is 14.5. The molecule has 2 heterocycles. The van der Waals surface area contributed by atoms with Gasteiger partial charge >= 0.3 is 12.1 Å². The lowest BCUT2D eigenvalue weighted by atomic mass is 10.2. The molecule has 1 amide bonds. The molecule has 0 unspecified atom stereocenters. The van der Waals surface area contributed by atoms with Gasteiger partial charge in [0.2, 0.25) is 0 Å². The molecule has 0 aliphatic carbocycles. The van der Waals surface area contributed by atoms with Crippen molar-refractivity contribution in [1.82, 2.24) is 10.3 Å². The van der Waals surface area contributed by atoms with Crippen LogP contribution < -0.4 is 5.32 Å². The standard InChI is InChI=1S/C19H15F3N2O3S/c20-19(21,22)13-6-8-23-14-10-15(28-17(13)14)18(26)24-9-7-16(25)27-11-12-4-2-1-3-5-12/h1-6,8,10H,7,9,11H2,(H,24,26). The number of pyridine rings is 1. The number of alkyl halides is 3. The number of benzene rings is 1. The number of hydrogen-bond acceptors (Lipinski definition) is 5. The van der Waals surface area contributed by atoms with Crippen LogP contribution in [0.1, 0.15) is 27.2 Å². The predicted octanol–water partition coefficient (Wildman–Crippen LogP) is 4.18. The van der Waals surface area contributed by atoms with Crippen molar-refractivity contribution in [3.8, 4) is 0 Å². The van der Waals surface area contributed by atoms with Crippen molar-refractivity contribution in [1.29, 1.82) is 0 Å². The number of esters is 1. The molecule has 2 aromatic heterocycles. The van der Waals surface area contributed by atoms with Crippen LogP contribution in [0.4, 0.5) is 13.2 Å². The molecule has 1 aromatic carbocycles. The highest BCUT2D eigenvalue weighted by molar-refractivity contribution is 7.21. The maximum Gasteiger partial charge on any atom is 0.417 e. The Morgan fingerprint density at radius 1 is 1.14 bits per heavy atom. The smallest absolute Gasteiger partial charge is 0.417 e. The summed E-state index contributed by atoms with van der Waals surface area (Å²) in [6, 6.07) is 11.3. The Morgan fingerprint density at radius 2 is 1.89 bits per heavy atom. The fourth-order valence-electron chi connectivity index (χ4n) is 2.45. The summed E-state index contributed by atoms with van der Waals surface area (Å²) in [6.45, 7) is 0.149. The molecular weight excluding hydrogens is 393 g/mol. The Bertz CT molecular complexity index is 987. The van der Waals surface area contributed by atoms with Crippen molar-refractivity contribution in [2.75, 3.05) is 6.54 Å². The lowest BCUT2D eigenvalue weighted by Crippen LogP contribution is -2.25. The minimum Gasteiger partial charge on any atom is -0.461 e. The van der Waals surface area contributed by atoms with Gasteiger partial charge in [-0.25, -0.2) is 0 Å². The fraction of sp³-hybridized carbons (Fsp3) is 0.211. The first-order valence-electron chi connectivity index (χ1n) is 8.28. The summed E-state index contributed by atoms with van der Waals surface area (Å²) in [4.78, 5) is 27.9. The van der Waals surface area contributed by atoms with E-state index in [2.05, 4.69) is 10.3 Å². The van der Waals surface area contributed by atoms with Crippen LogP contribution >= 0.6 is 11.3 Å². The number of nitrogens with one attached hydrogen (secondary N) is 1. The van der Waals surface area contributed by atoms with E-state index in [1.165, 1.54) is 6.07 Å². The number of thiophene rings is 1. The Labute approximate surface area is 162 Å². The molecule has 3 rings (SSSR count). The highest BCUT2D eigenvalue weighted by Crippen LogP contribution is 2.37. The number of rotatable bonds is 6. The molecule has 0 atom stereocenters. The van der Waals surface area contributed by atoms with Gasteiger partial charge in [-0.1, -0.05) is 30.3 Å². The molecule has 1 N–H and O–H groups in total. The number of ether oxygens (including phenoxy) is 1. The maximum absolute atomic E-state index is 13.0. The molecule has 0 fully saturated rings. The van der Waals surface area contributed by atoms with Crippen molar-refractivity contribution < 1.29 is 27.5 Å². The molecule has 9 heteroatoms. The van der Waals surface area contributed by atoms with Gasteiger partial charge in [0, 0.05) is 12.7 Å². The molecule has 0 spiro atoms. The number of carbonyl (C=O) groups is 2. The van der Waals surface area contributed by atoms with Gasteiger partial charge in [0.15, 0.2) is 0 Å². The van der Waals surface area contributed by atoms with Crippen LogP contribution in [-0.2, 0) is 22.3 Å². The number of halogens is 3. The van der Waals surface area contributed by atoms with Crippen LogP contribution in [0, 0.1) is 0 Å². The van der Waals surface area contributed by atoms with E-state index in [1.807, 2.05) is 30.3 Å². The van der Waals surface area contributed by atoms with Crippen molar-refractivity contribution in [2.24, 2.45) is 0 Å². The minimum absolute atomic E-state index is 0.0141. The molecule has 0 saturated carbocycles. The number of aromatic nitrogens is 1. The molecule has 0 bridgehead atoms. The van der Waals surface area contributed by atoms with Gasteiger partial charge in [-0.05, 0) is 17.7 Å². The molecule has 0 radical (unpaired) electrons. The number of amides is 1. The number of fused-ring (bicyclic) bond motifs is 1. The average molecular weight is 408 g/mol. The monoisotopic (exact) mass is 408 g/mol. The third kappa shape index (κ3) is 4.86. The molecule has 5 nitrogen and oxygen atoms in total. The molecular formula is C19H15F3N2O3S. The normalized spacial score (nSPS) is 11.4. The molecule has 28 heavy (non-hydrogen) atoms. The van der Waals surface area contributed by atoms with E-state index in [0.717, 1.165) is 17.8 Å². The SMILES string of the molecule is O=C(CCNC(=O)c1cc2nccc(C(F)(F)F)c2s1)OCc1ccccc1. The fourth-order valence-corrected chi connectivity index (χ4v) is 3.51. The summed E-state index contributed by atoms with van der Waals surface area (Å²) in [5, 5.41) is 2.51. The lowest BCUT2D eigenvalue weighted by molar-refractivity contribution is -0.144. The van der Waals surface area contributed by atoms with Crippen molar-refractivity contribution in [2.45, 2.75) is 19.2 Å². The van der Waals surface area contributed by atoms with E-state index < -0.39 is 23.6 Å². The highest BCUT2D eigenvalue weighted by Gasteiger charge is 2.33. The molecule has 0 aliphatic rings. The lowest BCUT2D eigenvalue weighted by Gasteiger charge is -2.06. The second-order valence-electron chi connectivity index (χ2n) is 5.83. The summed E-state index contributed by atoms with van der Waals surface area (Å²) in [7, 11) is 0. The summed E-state index contributed by atoms with van der Waals surface area (Å²) in [5.74, 6) is -1.05. The van der Waals surface area contributed by atoms with Crippen LogP contribution in [0.5, 0.6) is 0 Å². The van der Waals surface area contributed by atoms with Gasteiger partial charge < -0.3 is 10.1 Å². The minimum atomic E-state index is -4.53. The van der Waals surface area contributed by atoms with Gasteiger partial charge in [0.25, 0.3) is 5.91 Å². The van der Waals surface area contributed by atoms with Crippen LogP contribution in [0.15, 0.2) is 48.7 Å². The van der Waals surface area contributed by atoms with Gasteiger partial charge in [0.05, 0.1) is 27.1 Å². The Kier molecular flexibility index (Phi) is 5.93. The summed E-state index contributed by atoms with van der Waals surface area (Å²) in [5.41, 5.74) is 0.122. The molecule has 3 aromatic rings. The topological polar surface area (TPSA) is 68.3 Å². The second-order valence-corrected chi connectivity index (χ2v) is 6.89. The quantitative estimate of drug-likeness (QED) is 0.622. The highest BCUT2D eigenvalue weighted by atomic mass is 32.1. The van der Waals surface area contributed by atoms with E-state index >= 15 is 0 Å². The van der Waals surface area contributed by atoms with E-state index in [4.69, 9.17) is 4.74 Å². The van der Waals surface area contributed by atoms with Gasteiger partial charge in [-0.2, -0.15) is 13.2 Å². The van der Waals surface area contributed by atoms with Crippen molar-refractivity contribution >= 4 is 33.4 Å². The third-order valence-electron chi connectivity index (χ3n) is 3.80. The van der Waals surface area contributed by atoms with Crippen molar-refractivity contribution in [3.63, 3.8) is 0 Å². The zero-order valence-corrected chi connectivity index (χ0v) is 15.3. The molecule has 0 saturated heterocycles. The van der Waals surface area contributed by atoms with Gasteiger partial charge in [-0.15, -0.1) is 11.3 Å². The zero-order chi connectivity index (χ0) is 20.1. The van der Waals surface area contributed by atoms with E-state index in [-0.39, 0.29) is 34.7 Å². The Balaban J connectivity index is 1.54. The summed E-state index contributed by atoms with van der Waals surface area (Å²) in [6.07, 6.45) is -3.51. The first-order valence-corrected chi connectivity index (χ1v) is 9.10. The summed E-state index contributed by atoms with van der Waals surface area (Å²) < 4.78 is 44.1. The summed E-state index contributed by atoms with van der Waals surface area (Å²) >= 11 is 0.715. The number of carbonyl (C=O) groups excluding carboxylic acids is 2. The van der Waals surface area contributed by atoms with Crippen LogP contribution in [0.25, 0.3) is 10.2 Å². The third-order valence-corrected chi connectivity index (χ3v) is 4.95. The van der Waals surface area contributed by atoms with Crippen LogP contribution in [-0.4, -0.2) is 23.4 Å².